The van der Waals surface area contributed by atoms with Gasteiger partial charge >= 0.3 is 0 Å². The van der Waals surface area contributed by atoms with Gasteiger partial charge in [-0.1, -0.05) is 39.0 Å². The van der Waals surface area contributed by atoms with Gasteiger partial charge in [-0.25, -0.2) is 0 Å². The zero-order valence-electron chi connectivity index (χ0n) is 14.2. The number of methoxy groups -OCH3 is 1. The van der Waals surface area contributed by atoms with Gasteiger partial charge in [-0.3, -0.25) is 9.59 Å². The highest BCUT2D eigenvalue weighted by Crippen LogP contribution is 2.14. The smallest absolute Gasteiger partial charge is 0.243 e. The van der Waals surface area contributed by atoms with Crippen molar-refractivity contribution >= 4 is 17.5 Å². The minimum absolute atomic E-state index is 0.000692. The zero-order valence-corrected chi connectivity index (χ0v) is 14.2. The molecule has 0 bridgehead atoms. The van der Waals surface area contributed by atoms with Gasteiger partial charge < -0.3 is 15.4 Å². The van der Waals surface area contributed by atoms with Crippen LogP contribution < -0.4 is 15.4 Å². The second kappa shape index (κ2) is 11.5. The van der Waals surface area contributed by atoms with E-state index >= 15 is 0 Å². The first-order valence-electron chi connectivity index (χ1n) is 8.36. The molecule has 2 N–H and O–H groups in total. The fourth-order valence-electron chi connectivity index (χ4n) is 2.21. The van der Waals surface area contributed by atoms with Crippen molar-refractivity contribution in [2.45, 2.75) is 51.9 Å². The third kappa shape index (κ3) is 8.86. The van der Waals surface area contributed by atoms with E-state index in [4.69, 9.17) is 4.74 Å². The molecule has 128 valence electrons. The molecule has 0 radical (unpaired) electrons. The van der Waals surface area contributed by atoms with Gasteiger partial charge in [-0.2, -0.15) is 0 Å². The second-order valence-electron chi connectivity index (χ2n) is 5.57. The van der Waals surface area contributed by atoms with Crippen molar-refractivity contribution in [3.05, 3.63) is 24.3 Å². The molecule has 0 saturated heterocycles. The van der Waals surface area contributed by atoms with E-state index in [1.165, 1.54) is 25.7 Å². The van der Waals surface area contributed by atoms with E-state index in [0.717, 1.165) is 18.6 Å². The molecule has 23 heavy (non-hydrogen) atoms. The highest BCUT2D eigenvalue weighted by molar-refractivity contribution is 5.94. The lowest BCUT2D eigenvalue weighted by atomic mass is 10.1. The molecule has 0 spiro atoms. The number of carbonyl (C=O) groups excluding carboxylic acids is 2. The maximum Gasteiger partial charge on any atom is 0.243 e. The molecule has 0 atom stereocenters. The summed E-state index contributed by atoms with van der Waals surface area (Å²) in [7, 11) is 1.59. The van der Waals surface area contributed by atoms with Crippen molar-refractivity contribution in [1.82, 2.24) is 5.32 Å². The normalized spacial score (nSPS) is 10.2. The van der Waals surface area contributed by atoms with E-state index in [0.29, 0.717) is 12.1 Å². The van der Waals surface area contributed by atoms with Crippen LogP contribution in [-0.4, -0.2) is 25.5 Å². The Hall–Kier alpha value is -2.04. The van der Waals surface area contributed by atoms with Crippen LogP contribution in [-0.2, 0) is 9.59 Å². The number of nitrogens with one attached hydrogen (secondary N) is 2. The van der Waals surface area contributed by atoms with E-state index in [2.05, 4.69) is 17.6 Å². The molecule has 0 aliphatic carbocycles. The predicted octanol–water partition coefficient (Wildman–Crippen LogP) is 3.50. The van der Waals surface area contributed by atoms with Crippen LogP contribution >= 0.6 is 0 Å². The molecule has 1 aromatic rings. The van der Waals surface area contributed by atoms with Gasteiger partial charge in [0.25, 0.3) is 0 Å². The van der Waals surface area contributed by atoms with Crippen LogP contribution in [0.2, 0.25) is 0 Å². The van der Waals surface area contributed by atoms with Gasteiger partial charge in [0, 0.05) is 12.1 Å². The monoisotopic (exact) mass is 320 g/mol. The molecule has 2 amide bonds. The number of benzene rings is 1. The Bertz CT molecular complexity index is 472. The van der Waals surface area contributed by atoms with Crippen LogP contribution in [0.4, 0.5) is 5.69 Å². The second-order valence-corrected chi connectivity index (χ2v) is 5.57. The molecule has 1 aromatic carbocycles. The SMILES string of the molecule is CCCCCCCCC(=O)NCC(=O)Nc1ccc(OC)cc1. The van der Waals surface area contributed by atoms with Gasteiger partial charge in [-0.05, 0) is 30.7 Å². The summed E-state index contributed by atoms with van der Waals surface area (Å²) in [5.74, 6) is 0.437. The van der Waals surface area contributed by atoms with Crippen molar-refractivity contribution < 1.29 is 14.3 Å². The summed E-state index contributed by atoms with van der Waals surface area (Å²) in [5.41, 5.74) is 0.681. The minimum atomic E-state index is -0.230. The highest BCUT2D eigenvalue weighted by Gasteiger charge is 2.06. The van der Waals surface area contributed by atoms with E-state index in [1.54, 1.807) is 31.4 Å². The Morgan fingerprint density at radius 1 is 0.957 bits per heavy atom. The topological polar surface area (TPSA) is 67.4 Å². The average Bonchev–Trinajstić information content (AvgIpc) is 2.57. The molecule has 0 aliphatic heterocycles. The third-order valence-electron chi connectivity index (χ3n) is 3.58. The number of carbonyl (C=O) groups is 2. The van der Waals surface area contributed by atoms with Crippen LogP contribution in [0, 0.1) is 0 Å². The van der Waals surface area contributed by atoms with E-state index < -0.39 is 0 Å². The first kappa shape index (κ1) is 19.0. The molecular weight excluding hydrogens is 292 g/mol. The summed E-state index contributed by atoms with van der Waals surface area (Å²) in [6.07, 6.45) is 7.35. The van der Waals surface area contributed by atoms with Gasteiger partial charge in [-0.15, -0.1) is 0 Å². The number of ether oxygens (including phenoxy) is 1. The zero-order chi connectivity index (χ0) is 16.9. The Balaban J connectivity index is 2.13. The van der Waals surface area contributed by atoms with Gasteiger partial charge in [0.1, 0.15) is 5.75 Å². The lowest BCUT2D eigenvalue weighted by molar-refractivity contribution is -0.124. The quantitative estimate of drug-likeness (QED) is 0.613. The molecule has 0 heterocycles. The molecule has 5 nitrogen and oxygen atoms in total. The average molecular weight is 320 g/mol. The molecular formula is C18H28N2O3. The first-order chi connectivity index (χ1) is 11.2. The van der Waals surface area contributed by atoms with Gasteiger partial charge in [0.15, 0.2) is 0 Å². The van der Waals surface area contributed by atoms with E-state index in [9.17, 15) is 9.59 Å². The van der Waals surface area contributed by atoms with E-state index in [-0.39, 0.29) is 18.4 Å². The molecule has 5 heteroatoms. The molecule has 1 rings (SSSR count). The number of anilines is 1. The fourth-order valence-corrected chi connectivity index (χ4v) is 2.21. The predicted molar refractivity (Wildman–Crippen MR) is 92.6 cm³/mol. The Morgan fingerprint density at radius 2 is 1.61 bits per heavy atom. The molecule has 0 fully saturated rings. The van der Waals surface area contributed by atoms with Crippen molar-refractivity contribution in [2.75, 3.05) is 19.0 Å². The van der Waals surface area contributed by atoms with Crippen LogP contribution in [0.25, 0.3) is 0 Å². The number of unbranched alkanes of at least 4 members (excludes halogenated alkanes) is 5. The largest absolute Gasteiger partial charge is 0.497 e. The van der Waals surface area contributed by atoms with Crippen LogP contribution in [0.15, 0.2) is 24.3 Å². The Kier molecular flexibility index (Phi) is 9.52. The van der Waals surface area contributed by atoms with Crippen LogP contribution in [0.5, 0.6) is 5.75 Å². The summed E-state index contributed by atoms with van der Waals surface area (Å²) in [4.78, 5) is 23.4. The van der Waals surface area contributed by atoms with Crippen molar-refractivity contribution in [2.24, 2.45) is 0 Å². The number of amides is 2. The number of hydrogen-bond donors (Lipinski definition) is 2. The first-order valence-corrected chi connectivity index (χ1v) is 8.36. The number of hydrogen-bond acceptors (Lipinski definition) is 3. The van der Waals surface area contributed by atoms with Gasteiger partial charge in [0.05, 0.1) is 13.7 Å². The standard InChI is InChI=1S/C18H28N2O3/c1-3-4-5-6-7-8-9-17(21)19-14-18(22)20-15-10-12-16(23-2)13-11-15/h10-13H,3-9,14H2,1-2H3,(H,19,21)(H,20,22). The summed E-state index contributed by atoms with van der Waals surface area (Å²) >= 11 is 0. The van der Waals surface area contributed by atoms with Crippen molar-refractivity contribution in [3.63, 3.8) is 0 Å². The maximum absolute atomic E-state index is 11.8. The van der Waals surface area contributed by atoms with Crippen LogP contribution in [0.3, 0.4) is 0 Å². The lowest BCUT2D eigenvalue weighted by Crippen LogP contribution is -2.32. The number of rotatable bonds is 11. The highest BCUT2D eigenvalue weighted by atomic mass is 16.5. The minimum Gasteiger partial charge on any atom is -0.497 e. The summed E-state index contributed by atoms with van der Waals surface area (Å²) in [6, 6.07) is 7.06. The van der Waals surface area contributed by atoms with Gasteiger partial charge in [0.2, 0.25) is 11.8 Å². The Morgan fingerprint density at radius 3 is 2.26 bits per heavy atom. The Labute approximate surface area is 138 Å². The fraction of sp³-hybridized carbons (Fsp3) is 0.556. The lowest BCUT2D eigenvalue weighted by Gasteiger charge is -2.08. The van der Waals surface area contributed by atoms with E-state index in [1.807, 2.05) is 0 Å². The summed E-state index contributed by atoms with van der Waals surface area (Å²) < 4.78 is 5.05. The third-order valence-corrected chi connectivity index (χ3v) is 3.58. The van der Waals surface area contributed by atoms with Crippen molar-refractivity contribution in [3.8, 4) is 5.75 Å². The molecule has 0 saturated carbocycles. The molecule has 0 aromatic heterocycles. The maximum atomic E-state index is 11.8. The van der Waals surface area contributed by atoms with Crippen molar-refractivity contribution in [1.29, 1.82) is 0 Å². The van der Waals surface area contributed by atoms with Crippen LogP contribution in [0.1, 0.15) is 51.9 Å². The summed E-state index contributed by atoms with van der Waals surface area (Å²) in [6.45, 7) is 2.19. The molecule has 0 aliphatic rings. The summed E-state index contributed by atoms with van der Waals surface area (Å²) in [5, 5.41) is 5.38. The molecule has 0 unspecified atom stereocenters.